The lowest BCUT2D eigenvalue weighted by molar-refractivity contribution is -0.0425. The Morgan fingerprint density at radius 2 is 1.52 bits per heavy atom. The van der Waals surface area contributed by atoms with Gasteiger partial charge < -0.3 is 4.18 Å². The molecule has 0 unspecified atom stereocenters. The Kier molecular flexibility index (Phi) is 6.95. The number of hydroxylamine groups is 2. The molecule has 0 aliphatic heterocycles. The van der Waals surface area contributed by atoms with Crippen LogP contribution in [0.15, 0.2) is 58.7 Å². The van der Waals surface area contributed by atoms with E-state index in [0.717, 1.165) is 17.4 Å². The number of halogens is 1. The van der Waals surface area contributed by atoms with E-state index >= 15 is 0 Å². The average molecular weight is 410 g/mol. The molecule has 0 amide bonds. The van der Waals surface area contributed by atoms with Crippen molar-refractivity contribution >= 4 is 33.3 Å². The van der Waals surface area contributed by atoms with Gasteiger partial charge in [-0.15, -0.1) is 10.2 Å². The molecule has 0 fully saturated rings. The Balaban J connectivity index is 2.45. The molecule has 0 spiro atoms. The first-order chi connectivity index (χ1) is 12.7. The maximum atomic E-state index is 11.2. The van der Waals surface area contributed by atoms with Gasteiger partial charge in [-0.25, -0.2) is 5.06 Å². The number of nitrogens with zero attached hydrogens (tertiary/aromatic N) is 3. The van der Waals surface area contributed by atoms with Crippen molar-refractivity contribution in [2.75, 3.05) is 20.4 Å². The summed E-state index contributed by atoms with van der Waals surface area (Å²) < 4.78 is 27.4. The molecular weight excluding hydrogens is 390 g/mol. The first kappa shape index (κ1) is 20.9. The van der Waals surface area contributed by atoms with Crippen molar-refractivity contribution in [3.8, 4) is 5.75 Å². The Morgan fingerprint density at radius 3 is 2.00 bits per heavy atom. The number of amidine groups is 1. The molecule has 0 aromatic heterocycles. The summed E-state index contributed by atoms with van der Waals surface area (Å²) in [5.74, 6) is 0.775. The largest absolute Gasteiger partial charge is 0.383 e. The lowest BCUT2D eigenvalue weighted by atomic mass is 10.0. The third-order valence-electron chi connectivity index (χ3n) is 3.52. The van der Waals surface area contributed by atoms with E-state index in [0.29, 0.717) is 16.6 Å². The van der Waals surface area contributed by atoms with Crippen molar-refractivity contribution in [3.63, 3.8) is 0 Å². The molecule has 2 aromatic carbocycles. The van der Waals surface area contributed by atoms with E-state index in [4.69, 9.17) is 20.6 Å². The highest BCUT2D eigenvalue weighted by atomic mass is 35.5. The second-order valence-electron chi connectivity index (χ2n) is 5.59. The standard InChI is InChI=1S/C18H20ClN3O4S/c1-13(22(2)25-3)20-21-18(14-5-9-16(19)10-6-14)15-7-11-17(12-8-15)26-27(4,23)24/h5-12H,1-4H3. The van der Waals surface area contributed by atoms with Crippen LogP contribution in [-0.4, -0.2) is 45.4 Å². The van der Waals surface area contributed by atoms with Gasteiger partial charge in [-0.05, 0) is 43.3 Å². The normalized spacial score (nSPS) is 12.8. The van der Waals surface area contributed by atoms with Gasteiger partial charge in [0.2, 0.25) is 0 Å². The Bertz CT molecular complexity index is 940. The average Bonchev–Trinajstić information content (AvgIpc) is 2.62. The van der Waals surface area contributed by atoms with Gasteiger partial charge in [0.25, 0.3) is 0 Å². The van der Waals surface area contributed by atoms with Crippen LogP contribution >= 0.6 is 11.6 Å². The second-order valence-corrected chi connectivity index (χ2v) is 7.61. The zero-order valence-corrected chi connectivity index (χ0v) is 17.0. The molecule has 0 radical (unpaired) electrons. The molecule has 9 heteroatoms. The molecule has 0 heterocycles. The highest BCUT2D eigenvalue weighted by Crippen LogP contribution is 2.19. The van der Waals surface area contributed by atoms with E-state index in [1.165, 1.54) is 12.2 Å². The van der Waals surface area contributed by atoms with E-state index in [2.05, 4.69) is 10.2 Å². The summed E-state index contributed by atoms with van der Waals surface area (Å²) in [6.07, 6.45) is 0.991. The van der Waals surface area contributed by atoms with E-state index < -0.39 is 10.1 Å². The smallest absolute Gasteiger partial charge is 0.306 e. The van der Waals surface area contributed by atoms with Crippen LogP contribution < -0.4 is 4.18 Å². The molecule has 0 N–H and O–H groups in total. The van der Waals surface area contributed by atoms with E-state index in [1.54, 1.807) is 50.4 Å². The lowest BCUT2D eigenvalue weighted by Crippen LogP contribution is -2.22. The maximum absolute atomic E-state index is 11.2. The molecule has 2 aromatic rings. The van der Waals surface area contributed by atoms with Gasteiger partial charge in [-0.3, -0.25) is 4.84 Å². The fourth-order valence-corrected chi connectivity index (χ4v) is 2.64. The third-order valence-corrected chi connectivity index (χ3v) is 4.26. The highest BCUT2D eigenvalue weighted by Gasteiger charge is 2.10. The van der Waals surface area contributed by atoms with E-state index in [-0.39, 0.29) is 5.75 Å². The van der Waals surface area contributed by atoms with Crippen LogP contribution in [0.5, 0.6) is 5.75 Å². The van der Waals surface area contributed by atoms with Crippen molar-refractivity contribution in [2.24, 2.45) is 10.2 Å². The van der Waals surface area contributed by atoms with Crippen molar-refractivity contribution in [2.45, 2.75) is 6.92 Å². The summed E-state index contributed by atoms with van der Waals surface area (Å²) in [4.78, 5) is 5.08. The summed E-state index contributed by atoms with van der Waals surface area (Å²) >= 11 is 5.97. The van der Waals surface area contributed by atoms with Crippen LogP contribution in [0.1, 0.15) is 18.1 Å². The van der Waals surface area contributed by atoms with Crippen LogP contribution in [0.4, 0.5) is 0 Å². The minimum atomic E-state index is -3.59. The Labute approximate surface area is 164 Å². The molecule has 0 saturated heterocycles. The molecule has 27 heavy (non-hydrogen) atoms. The number of hydrogen-bond acceptors (Lipinski definition) is 6. The number of rotatable bonds is 6. The predicted molar refractivity (Wildman–Crippen MR) is 107 cm³/mol. The van der Waals surface area contributed by atoms with Gasteiger partial charge in [0.1, 0.15) is 17.3 Å². The highest BCUT2D eigenvalue weighted by molar-refractivity contribution is 7.86. The van der Waals surface area contributed by atoms with Crippen LogP contribution in [-0.2, 0) is 15.0 Å². The Morgan fingerprint density at radius 1 is 1.00 bits per heavy atom. The van der Waals surface area contributed by atoms with Gasteiger partial charge in [-0.2, -0.15) is 8.42 Å². The van der Waals surface area contributed by atoms with Gasteiger partial charge >= 0.3 is 10.1 Å². The number of hydrogen-bond donors (Lipinski definition) is 0. The van der Waals surface area contributed by atoms with Crippen LogP contribution in [0.2, 0.25) is 5.02 Å². The van der Waals surface area contributed by atoms with E-state index in [1.807, 2.05) is 12.1 Å². The molecular formula is C18H20ClN3O4S. The summed E-state index contributed by atoms with van der Waals surface area (Å²) in [7, 11) is -0.340. The summed E-state index contributed by atoms with van der Waals surface area (Å²) in [6.45, 7) is 1.76. The van der Waals surface area contributed by atoms with Gasteiger partial charge in [0, 0.05) is 23.2 Å². The Hall–Kier alpha value is -2.42. The first-order valence-corrected chi connectivity index (χ1v) is 10.0. The zero-order chi connectivity index (χ0) is 20.0. The van der Waals surface area contributed by atoms with Crippen LogP contribution in [0, 0.1) is 0 Å². The van der Waals surface area contributed by atoms with Crippen molar-refractivity contribution in [3.05, 3.63) is 64.7 Å². The molecule has 0 atom stereocenters. The van der Waals surface area contributed by atoms with Crippen LogP contribution in [0.25, 0.3) is 0 Å². The van der Waals surface area contributed by atoms with Crippen molar-refractivity contribution in [1.29, 1.82) is 0 Å². The topological polar surface area (TPSA) is 80.6 Å². The first-order valence-electron chi connectivity index (χ1n) is 7.85. The van der Waals surface area contributed by atoms with Crippen molar-refractivity contribution in [1.82, 2.24) is 5.06 Å². The quantitative estimate of drug-likeness (QED) is 0.316. The lowest BCUT2D eigenvalue weighted by Gasteiger charge is -2.13. The minimum absolute atomic E-state index is 0.218. The summed E-state index contributed by atoms with van der Waals surface area (Å²) in [5.41, 5.74) is 2.11. The van der Waals surface area contributed by atoms with Gasteiger partial charge in [-0.1, -0.05) is 23.7 Å². The number of benzene rings is 2. The second kappa shape index (κ2) is 8.98. The maximum Gasteiger partial charge on any atom is 0.306 e. The van der Waals surface area contributed by atoms with Gasteiger partial charge in [0.05, 0.1) is 13.4 Å². The third kappa shape index (κ3) is 6.35. The monoisotopic (exact) mass is 409 g/mol. The molecule has 0 bridgehead atoms. The SMILES string of the molecule is CON(C)C(C)=NN=C(c1ccc(Cl)cc1)c1ccc(OS(C)(=O)=O)cc1. The molecule has 0 aliphatic carbocycles. The predicted octanol–water partition coefficient (Wildman–Crippen LogP) is 3.34. The van der Waals surface area contributed by atoms with E-state index in [9.17, 15) is 8.42 Å². The zero-order valence-electron chi connectivity index (χ0n) is 15.4. The summed E-state index contributed by atoms with van der Waals surface area (Å²) in [6, 6.07) is 13.7. The fraction of sp³-hybridized carbons (Fsp3) is 0.222. The fourth-order valence-electron chi connectivity index (χ4n) is 2.05. The molecule has 0 aliphatic rings. The van der Waals surface area contributed by atoms with Gasteiger partial charge in [0.15, 0.2) is 0 Å². The molecule has 2 rings (SSSR count). The minimum Gasteiger partial charge on any atom is -0.383 e. The van der Waals surface area contributed by atoms with Crippen LogP contribution in [0.3, 0.4) is 0 Å². The summed E-state index contributed by atoms with van der Waals surface area (Å²) in [5, 5.41) is 10.6. The molecule has 144 valence electrons. The molecule has 7 nitrogen and oxygen atoms in total. The van der Waals surface area contributed by atoms with Crippen molar-refractivity contribution < 1.29 is 17.4 Å². The molecule has 0 saturated carbocycles.